The average Bonchev–Trinajstić information content (AvgIpc) is 2.47. The van der Waals surface area contributed by atoms with Crippen LogP contribution in [0.25, 0.3) is 0 Å². The van der Waals surface area contributed by atoms with Gasteiger partial charge < -0.3 is 9.88 Å². The smallest absolute Gasteiger partial charge is 0.331 e. The van der Waals surface area contributed by atoms with E-state index in [1.165, 1.54) is 10.6 Å². The van der Waals surface area contributed by atoms with Crippen molar-refractivity contribution >= 4 is 5.69 Å². The van der Waals surface area contributed by atoms with Crippen molar-refractivity contribution in [1.29, 1.82) is 0 Å². The molecule has 1 heterocycles. The fourth-order valence-corrected chi connectivity index (χ4v) is 2.04. The molecule has 5 nitrogen and oxygen atoms in total. The van der Waals surface area contributed by atoms with Crippen LogP contribution >= 0.6 is 0 Å². The maximum Gasteiger partial charge on any atom is 0.331 e. The van der Waals surface area contributed by atoms with Crippen LogP contribution in [0.15, 0.2) is 52.2 Å². The van der Waals surface area contributed by atoms with Crippen molar-refractivity contribution in [2.24, 2.45) is 0 Å². The van der Waals surface area contributed by atoms with E-state index < -0.39 is 0 Å². The van der Waals surface area contributed by atoms with E-state index in [1.807, 2.05) is 37.3 Å². The van der Waals surface area contributed by atoms with E-state index in [0.717, 1.165) is 12.1 Å². The fraction of sp³-hybridized carbons (Fsp3) is 0.333. The Kier molecular flexibility index (Phi) is 4.76. The molecule has 0 fully saturated rings. The van der Waals surface area contributed by atoms with Gasteiger partial charge in [0.05, 0.1) is 0 Å². The summed E-state index contributed by atoms with van der Waals surface area (Å²) in [6, 6.07) is 11.2. The zero-order valence-corrected chi connectivity index (χ0v) is 11.6. The maximum atomic E-state index is 12.1. The van der Waals surface area contributed by atoms with Gasteiger partial charge in [0.15, 0.2) is 0 Å². The van der Waals surface area contributed by atoms with Gasteiger partial charge in [0.2, 0.25) is 0 Å². The molecule has 0 saturated heterocycles. The van der Waals surface area contributed by atoms with Crippen molar-refractivity contribution in [1.82, 2.24) is 9.13 Å². The first-order valence-electron chi connectivity index (χ1n) is 6.81. The molecule has 0 spiro atoms. The normalized spacial score (nSPS) is 10.4. The molecule has 2 rings (SSSR count). The minimum Gasteiger partial charge on any atom is -0.383 e. The monoisotopic (exact) mass is 273 g/mol. The molecule has 0 bridgehead atoms. The van der Waals surface area contributed by atoms with Crippen molar-refractivity contribution in [3.63, 3.8) is 0 Å². The van der Waals surface area contributed by atoms with Gasteiger partial charge in [-0.25, -0.2) is 4.79 Å². The van der Waals surface area contributed by atoms with Crippen LogP contribution in [0.1, 0.15) is 13.3 Å². The number of nitrogens with zero attached hydrogens (tertiary/aromatic N) is 2. The van der Waals surface area contributed by atoms with Crippen LogP contribution in [0.2, 0.25) is 0 Å². The number of hydrogen-bond donors (Lipinski definition) is 1. The predicted molar refractivity (Wildman–Crippen MR) is 80.2 cm³/mol. The second-order valence-electron chi connectivity index (χ2n) is 4.57. The van der Waals surface area contributed by atoms with Gasteiger partial charge >= 0.3 is 5.69 Å². The number of rotatable bonds is 6. The standard InChI is InChI=1S/C15H19N3O2/c1-2-10-17-11-8-14(19)18(15(17)20)12-9-16-13-6-4-3-5-7-13/h3-8,11,16H,2,9-10,12H2,1H3. The molecule has 2 aromatic rings. The second-order valence-corrected chi connectivity index (χ2v) is 4.57. The third kappa shape index (κ3) is 3.38. The second kappa shape index (κ2) is 6.75. The molecule has 106 valence electrons. The van der Waals surface area contributed by atoms with Gasteiger partial charge in [0.1, 0.15) is 0 Å². The van der Waals surface area contributed by atoms with Gasteiger partial charge in [-0.1, -0.05) is 25.1 Å². The van der Waals surface area contributed by atoms with Crippen LogP contribution in [0.5, 0.6) is 0 Å². The third-order valence-electron chi connectivity index (χ3n) is 3.04. The summed E-state index contributed by atoms with van der Waals surface area (Å²) in [4.78, 5) is 23.9. The van der Waals surface area contributed by atoms with Gasteiger partial charge in [-0.3, -0.25) is 9.36 Å². The number of aromatic nitrogens is 2. The average molecular weight is 273 g/mol. The molecule has 0 unspecified atom stereocenters. The molecule has 0 atom stereocenters. The zero-order valence-electron chi connectivity index (χ0n) is 11.6. The molecule has 1 aromatic carbocycles. The molecule has 1 N–H and O–H groups in total. The quantitative estimate of drug-likeness (QED) is 0.868. The van der Waals surface area contributed by atoms with E-state index in [0.29, 0.717) is 19.6 Å². The molecular formula is C15H19N3O2. The maximum absolute atomic E-state index is 12.1. The molecule has 1 aromatic heterocycles. The van der Waals surface area contributed by atoms with Crippen molar-refractivity contribution in [2.45, 2.75) is 26.4 Å². The van der Waals surface area contributed by atoms with Crippen molar-refractivity contribution in [3.8, 4) is 0 Å². The van der Waals surface area contributed by atoms with E-state index in [2.05, 4.69) is 5.32 Å². The van der Waals surface area contributed by atoms with Crippen molar-refractivity contribution < 1.29 is 0 Å². The Hall–Kier alpha value is -2.30. The molecule has 0 radical (unpaired) electrons. The third-order valence-corrected chi connectivity index (χ3v) is 3.04. The summed E-state index contributed by atoms with van der Waals surface area (Å²) in [5.74, 6) is 0. The molecule has 0 aliphatic rings. The summed E-state index contributed by atoms with van der Waals surface area (Å²) in [5.41, 5.74) is 0.483. The minimum atomic E-state index is -0.253. The molecule has 0 saturated carbocycles. The fourth-order valence-electron chi connectivity index (χ4n) is 2.04. The van der Waals surface area contributed by atoms with Gasteiger partial charge in [-0.2, -0.15) is 0 Å². The minimum absolute atomic E-state index is 0.241. The lowest BCUT2D eigenvalue weighted by Crippen LogP contribution is -2.40. The summed E-state index contributed by atoms with van der Waals surface area (Å²) in [7, 11) is 0. The molecule has 5 heteroatoms. The van der Waals surface area contributed by atoms with Gasteiger partial charge in [-0.15, -0.1) is 0 Å². The van der Waals surface area contributed by atoms with E-state index >= 15 is 0 Å². The van der Waals surface area contributed by atoms with Crippen LogP contribution < -0.4 is 16.6 Å². The molecule has 0 aliphatic carbocycles. The molecule has 20 heavy (non-hydrogen) atoms. The lowest BCUT2D eigenvalue weighted by Gasteiger charge is -2.10. The summed E-state index contributed by atoms with van der Waals surface area (Å²) in [6.45, 7) is 3.52. The number of para-hydroxylation sites is 1. The summed E-state index contributed by atoms with van der Waals surface area (Å²) in [5, 5.41) is 3.19. The number of nitrogens with one attached hydrogen (secondary N) is 1. The highest BCUT2D eigenvalue weighted by Gasteiger charge is 2.04. The van der Waals surface area contributed by atoms with Crippen LogP contribution in [0.4, 0.5) is 5.69 Å². The van der Waals surface area contributed by atoms with Crippen LogP contribution in [0, 0.1) is 0 Å². The highest BCUT2D eigenvalue weighted by molar-refractivity contribution is 5.42. The largest absolute Gasteiger partial charge is 0.383 e. The Balaban J connectivity index is 2.07. The topological polar surface area (TPSA) is 56.0 Å². The molecule has 0 amide bonds. The SMILES string of the molecule is CCCn1ccc(=O)n(CCNc2ccccc2)c1=O. The van der Waals surface area contributed by atoms with Crippen LogP contribution in [-0.2, 0) is 13.1 Å². The summed E-state index contributed by atoms with van der Waals surface area (Å²) in [6.07, 6.45) is 2.43. The van der Waals surface area contributed by atoms with E-state index in [-0.39, 0.29) is 11.2 Å². The van der Waals surface area contributed by atoms with E-state index in [1.54, 1.807) is 10.8 Å². The first kappa shape index (κ1) is 14.1. The zero-order chi connectivity index (χ0) is 14.4. The number of hydrogen-bond acceptors (Lipinski definition) is 3. The van der Waals surface area contributed by atoms with Gasteiger partial charge in [-0.05, 0) is 18.6 Å². The van der Waals surface area contributed by atoms with Crippen molar-refractivity contribution in [3.05, 3.63) is 63.4 Å². The summed E-state index contributed by atoms with van der Waals surface area (Å²) >= 11 is 0. The van der Waals surface area contributed by atoms with E-state index in [9.17, 15) is 9.59 Å². The van der Waals surface area contributed by atoms with E-state index in [4.69, 9.17) is 0 Å². The molecule has 0 aliphatic heterocycles. The first-order valence-corrected chi connectivity index (χ1v) is 6.81. The predicted octanol–water partition coefficient (Wildman–Crippen LogP) is 1.53. The van der Waals surface area contributed by atoms with Crippen molar-refractivity contribution in [2.75, 3.05) is 11.9 Å². The highest BCUT2D eigenvalue weighted by atomic mass is 16.2. The van der Waals surface area contributed by atoms with Gasteiger partial charge in [0, 0.05) is 37.6 Å². The number of benzene rings is 1. The number of aryl methyl sites for hydroxylation is 1. The summed E-state index contributed by atoms with van der Waals surface area (Å²) < 4.78 is 2.84. The van der Waals surface area contributed by atoms with Crippen LogP contribution in [-0.4, -0.2) is 15.7 Å². The lowest BCUT2D eigenvalue weighted by molar-refractivity contribution is 0.555. The Bertz CT molecular complexity index is 659. The van der Waals surface area contributed by atoms with Gasteiger partial charge in [0.25, 0.3) is 5.56 Å². The number of anilines is 1. The Morgan fingerprint density at radius 1 is 1.05 bits per heavy atom. The lowest BCUT2D eigenvalue weighted by atomic mass is 10.3. The van der Waals surface area contributed by atoms with Crippen LogP contribution in [0.3, 0.4) is 0 Å². The molecular weight excluding hydrogens is 254 g/mol. The Labute approximate surface area is 117 Å². The highest BCUT2D eigenvalue weighted by Crippen LogP contribution is 2.03. The Morgan fingerprint density at radius 3 is 2.50 bits per heavy atom. The Morgan fingerprint density at radius 2 is 1.80 bits per heavy atom. The first-order chi connectivity index (χ1) is 9.72.